The minimum absolute atomic E-state index is 0. The summed E-state index contributed by atoms with van der Waals surface area (Å²) in [6.45, 7) is 1.67. The molecule has 0 spiro atoms. The summed E-state index contributed by atoms with van der Waals surface area (Å²) in [5.41, 5.74) is 1.14. The predicted octanol–water partition coefficient (Wildman–Crippen LogP) is 4.10. The number of aliphatic imine (C=N–C) groups is 1. The standard InChI is InChI=1S/C20H31N3O2.HI/c1-21-20(22-12-11-15-7-8-15)23-14-16-9-10-18(24-2)13-19(16)25-17-5-3-4-6-17;/h9-10,13,15,17H,3-8,11-12,14H2,1-2H3,(H2,21,22,23);1H. The van der Waals surface area contributed by atoms with Gasteiger partial charge < -0.3 is 20.1 Å². The summed E-state index contributed by atoms with van der Waals surface area (Å²) in [7, 11) is 3.51. The highest BCUT2D eigenvalue weighted by molar-refractivity contribution is 14.0. The van der Waals surface area contributed by atoms with Crippen LogP contribution in [0.4, 0.5) is 0 Å². The van der Waals surface area contributed by atoms with E-state index in [-0.39, 0.29) is 24.0 Å². The molecule has 2 aliphatic rings. The van der Waals surface area contributed by atoms with Crippen LogP contribution in [0.15, 0.2) is 23.2 Å². The molecule has 0 atom stereocenters. The fourth-order valence-corrected chi connectivity index (χ4v) is 3.30. The molecular weight excluding hydrogens is 441 g/mol. The van der Waals surface area contributed by atoms with Crippen LogP contribution >= 0.6 is 24.0 Å². The van der Waals surface area contributed by atoms with Crippen molar-refractivity contribution >= 4 is 29.9 Å². The van der Waals surface area contributed by atoms with Crippen molar-refractivity contribution in [1.82, 2.24) is 10.6 Å². The van der Waals surface area contributed by atoms with E-state index in [1.807, 2.05) is 19.2 Å². The first-order valence-electron chi connectivity index (χ1n) is 9.56. The monoisotopic (exact) mass is 473 g/mol. The van der Waals surface area contributed by atoms with E-state index in [4.69, 9.17) is 9.47 Å². The molecule has 1 aromatic carbocycles. The molecule has 2 saturated carbocycles. The third kappa shape index (κ3) is 6.52. The van der Waals surface area contributed by atoms with Gasteiger partial charge in [0, 0.05) is 31.8 Å². The number of rotatable bonds is 8. The molecular formula is C20H32IN3O2. The Hall–Kier alpha value is -1.18. The summed E-state index contributed by atoms with van der Waals surface area (Å²) in [5.74, 6) is 3.54. The molecule has 0 saturated heterocycles. The van der Waals surface area contributed by atoms with Crippen molar-refractivity contribution in [2.24, 2.45) is 10.9 Å². The van der Waals surface area contributed by atoms with Crippen LogP contribution in [0.5, 0.6) is 11.5 Å². The first-order valence-corrected chi connectivity index (χ1v) is 9.56. The van der Waals surface area contributed by atoms with E-state index >= 15 is 0 Å². The highest BCUT2D eigenvalue weighted by Crippen LogP contribution is 2.32. The second kappa shape index (κ2) is 10.8. The first-order chi connectivity index (χ1) is 12.3. The molecule has 1 aromatic rings. The molecule has 146 valence electrons. The van der Waals surface area contributed by atoms with E-state index in [2.05, 4.69) is 21.7 Å². The lowest BCUT2D eigenvalue weighted by atomic mass is 10.2. The van der Waals surface area contributed by atoms with Gasteiger partial charge in [-0.25, -0.2) is 0 Å². The van der Waals surface area contributed by atoms with Crippen LogP contribution in [0, 0.1) is 5.92 Å². The van der Waals surface area contributed by atoms with Crippen molar-refractivity contribution in [3.63, 3.8) is 0 Å². The number of benzene rings is 1. The van der Waals surface area contributed by atoms with Crippen molar-refractivity contribution in [2.75, 3.05) is 20.7 Å². The number of ether oxygens (including phenoxy) is 2. The third-order valence-electron chi connectivity index (χ3n) is 5.08. The van der Waals surface area contributed by atoms with Crippen LogP contribution in [0.25, 0.3) is 0 Å². The average molecular weight is 473 g/mol. The molecule has 6 heteroatoms. The number of nitrogens with zero attached hydrogens (tertiary/aromatic N) is 1. The smallest absolute Gasteiger partial charge is 0.191 e. The molecule has 3 rings (SSSR count). The first kappa shape index (κ1) is 21.1. The fraction of sp³-hybridized carbons (Fsp3) is 0.650. The summed E-state index contributed by atoms with van der Waals surface area (Å²) in [4.78, 5) is 4.32. The lowest BCUT2D eigenvalue weighted by Crippen LogP contribution is -2.37. The van der Waals surface area contributed by atoms with Gasteiger partial charge in [-0.1, -0.05) is 12.8 Å². The number of hydrogen-bond acceptors (Lipinski definition) is 3. The highest BCUT2D eigenvalue weighted by Gasteiger charge is 2.20. The maximum absolute atomic E-state index is 6.26. The van der Waals surface area contributed by atoms with Gasteiger partial charge in [-0.3, -0.25) is 4.99 Å². The van der Waals surface area contributed by atoms with E-state index < -0.39 is 0 Å². The molecule has 2 aliphatic carbocycles. The molecule has 0 amide bonds. The van der Waals surface area contributed by atoms with Crippen LogP contribution in [-0.2, 0) is 6.54 Å². The fourth-order valence-electron chi connectivity index (χ4n) is 3.30. The predicted molar refractivity (Wildman–Crippen MR) is 117 cm³/mol. The molecule has 0 heterocycles. The summed E-state index contributed by atoms with van der Waals surface area (Å²) in [6.07, 6.45) is 9.17. The third-order valence-corrected chi connectivity index (χ3v) is 5.08. The zero-order chi connectivity index (χ0) is 17.5. The van der Waals surface area contributed by atoms with E-state index in [1.165, 1.54) is 32.1 Å². The van der Waals surface area contributed by atoms with E-state index in [1.54, 1.807) is 7.11 Å². The minimum atomic E-state index is 0. The maximum Gasteiger partial charge on any atom is 0.191 e. The Bertz CT molecular complexity index is 584. The molecule has 2 fully saturated rings. The van der Waals surface area contributed by atoms with Crippen LogP contribution in [-0.4, -0.2) is 32.8 Å². The molecule has 0 aliphatic heterocycles. The zero-order valence-corrected chi connectivity index (χ0v) is 18.3. The van der Waals surface area contributed by atoms with Gasteiger partial charge in [-0.15, -0.1) is 24.0 Å². The average Bonchev–Trinajstić information content (AvgIpc) is 3.32. The summed E-state index contributed by atoms with van der Waals surface area (Å²) >= 11 is 0. The Morgan fingerprint density at radius 1 is 1.15 bits per heavy atom. The van der Waals surface area contributed by atoms with Crippen LogP contribution in [0.3, 0.4) is 0 Å². The second-order valence-electron chi connectivity index (χ2n) is 7.08. The number of guanidine groups is 1. The number of nitrogens with one attached hydrogen (secondary N) is 2. The Morgan fingerprint density at radius 2 is 1.92 bits per heavy atom. The maximum atomic E-state index is 6.26. The van der Waals surface area contributed by atoms with Gasteiger partial charge in [-0.2, -0.15) is 0 Å². The lowest BCUT2D eigenvalue weighted by molar-refractivity contribution is 0.207. The minimum Gasteiger partial charge on any atom is -0.497 e. The molecule has 0 bridgehead atoms. The number of methoxy groups -OCH3 is 1. The summed E-state index contributed by atoms with van der Waals surface area (Å²) in [6, 6.07) is 6.06. The van der Waals surface area contributed by atoms with Gasteiger partial charge in [0.2, 0.25) is 0 Å². The van der Waals surface area contributed by atoms with E-state index in [0.717, 1.165) is 48.3 Å². The molecule has 0 unspecified atom stereocenters. The van der Waals surface area contributed by atoms with Gasteiger partial charge in [0.25, 0.3) is 0 Å². The van der Waals surface area contributed by atoms with Crippen molar-refractivity contribution < 1.29 is 9.47 Å². The Morgan fingerprint density at radius 3 is 2.58 bits per heavy atom. The number of hydrogen-bond donors (Lipinski definition) is 2. The number of halogens is 1. The van der Waals surface area contributed by atoms with E-state index in [0.29, 0.717) is 12.6 Å². The largest absolute Gasteiger partial charge is 0.497 e. The van der Waals surface area contributed by atoms with Gasteiger partial charge in [0.1, 0.15) is 11.5 Å². The van der Waals surface area contributed by atoms with Crippen molar-refractivity contribution in [2.45, 2.75) is 57.6 Å². The van der Waals surface area contributed by atoms with Crippen molar-refractivity contribution in [3.05, 3.63) is 23.8 Å². The van der Waals surface area contributed by atoms with Crippen molar-refractivity contribution in [3.8, 4) is 11.5 Å². The molecule has 5 nitrogen and oxygen atoms in total. The van der Waals surface area contributed by atoms with Gasteiger partial charge in [0.15, 0.2) is 5.96 Å². The topological polar surface area (TPSA) is 54.9 Å². The SMILES string of the molecule is CN=C(NCCC1CC1)NCc1ccc(OC)cc1OC1CCCC1.I. The molecule has 2 N–H and O–H groups in total. The summed E-state index contributed by atoms with van der Waals surface area (Å²) < 4.78 is 11.6. The lowest BCUT2D eigenvalue weighted by Gasteiger charge is -2.19. The highest BCUT2D eigenvalue weighted by atomic mass is 127. The second-order valence-corrected chi connectivity index (χ2v) is 7.08. The van der Waals surface area contributed by atoms with Crippen molar-refractivity contribution in [1.29, 1.82) is 0 Å². The summed E-state index contributed by atoms with van der Waals surface area (Å²) in [5, 5.41) is 6.80. The Kier molecular flexibility index (Phi) is 8.81. The molecule has 0 radical (unpaired) electrons. The normalized spacial score (nSPS) is 17.5. The van der Waals surface area contributed by atoms with Gasteiger partial charge in [-0.05, 0) is 50.2 Å². The zero-order valence-electron chi connectivity index (χ0n) is 15.9. The van der Waals surface area contributed by atoms with Gasteiger partial charge >= 0.3 is 0 Å². The van der Waals surface area contributed by atoms with Crippen LogP contribution < -0.4 is 20.1 Å². The van der Waals surface area contributed by atoms with E-state index in [9.17, 15) is 0 Å². The van der Waals surface area contributed by atoms with Crippen LogP contribution in [0.2, 0.25) is 0 Å². The Balaban J connectivity index is 0.00000243. The Labute approximate surface area is 174 Å². The molecule has 26 heavy (non-hydrogen) atoms. The molecule has 0 aromatic heterocycles. The quantitative estimate of drug-likeness (QED) is 0.339. The van der Waals surface area contributed by atoms with Crippen LogP contribution in [0.1, 0.15) is 50.5 Å². The van der Waals surface area contributed by atoms with Gasteiger partial charge in [0.05, 0.1) is 13.2 Å².